The van der Waals surface area contributed by atoms with Crippen LogP contribution in [0.15, 0.2) is 24.3 Å². The highest BCUT2D eigenvalue weighted by molar-refractivity contribution is 5.89. The molecule has 4 bridgehead atoms. The number of hydrogen-bond donors (Lipinski definition) is 3. The van der Waals surface area contributed by atoms with Crippen molar-refractivity contribution in [2.45, 2.75) is 51.9 Å². The van der Waals surface area contributed by atoms with Crippen molar-refractivity contribution in [3.8, 4) is 5.75 Å². The van der Waals surface area contributed by atoms with Crippen LogP contribution in [0.1, 0.15) is 51.0 Å². The number of nitrogens with one attached hydrogen (secondary N) is 3. The van der Waals surface area contributed by atoms with Gasteiger partial charge in [0, 0.05) is 5.41 Å². The van der Waals surface area contributed by atoms with Gasteiger partial charge in [0.2, 0.25) is 5.91 Å². The molecule has 0 aromatic heterocycles. The van der Waals surface area contributed by atoms with Crippen LogP contribution in [0.2, 0.25) is 0 Å². The van der Waals surface area contributed by atoms with E-state index in [-0.39, 0.29) is 24.5 Å². The molecule has 30 heavy (non-hydrogen) atoms. The van der Waals surface area contributed by atoms with Crippen molar-refractivity contribution in [1.29, 1.82) is 0 Å². The molecule has 4 saturated carbocycles. The molecule has 0 atom stereocenters. The Morgan fingerprint density at radius 3 is 2.20 bits per heavy atom. The Morgan fingerprint density at radius 2 is 1.57 bits per heavy atom. The van der Waals surface area contributed by atoms with Crippen LogP contribution in [0, 0.1) is 23.2 Å². The summed E-state index contributed by atoms with van der Waals surface area (Å²) in [6.45, 7) is 1.68. The van der Waals surface area contributed by atoms with Crippen molar-refractivity contribution in [1.82, 2.24) is 16.2 Å². The van der Waals surface area contributed by atoms with Gasteiger partial charge in [-0.1, -0.05) is 25.1 Å². The average Bonchev–Trinajstić information content (AvgIpc) is 2.73. The SMILES string of the molecule is CCc1ccccc1OCC(=O)NNC(=O)CNC(=O)C12CC3CC(CC(C3)C1)C2. The predicted molar refractivity (Wildman–Crippen MR) is 111 cm³/mol. The first kappa shape index (κ1) is 20.7. The number of rotatable bonds is 7. The van der Waals surface area contributed by atoms with E-state index in [9.17, 15) is 14.4 Å². The van der Waals surface area contributed by atoms with Crippen LogP contribution in [0.3, 0.4) is 0 Å². The molecule has 0 saturated heterocycles. The molecule has 4 aliphatic rings. The van der Waals surface area contributed by atoms with Crippen molar-refractivity contribution in [3.05, 3.63) is 29.8 Å². The van der Waals surface area contributed by atoms with Gasteiger partial charge in [-0.2, -0.15) is 0 Å². The van der Waals surface area contributed by atoms with Gasteiger partial charge in [0.25, 0.3) is 11.8 Å². The Hall–Kier alpha value is -2.57. The molecule has 1 aromatic rings. The van der Waals surface area contributed by atoms with E-state index < -0.39 is 11.8 Å². The van der Waals surface area contributed by atoms with E-state index in [1.165, 1.54) is 19.3 Å². The topological polar surface area (TPSA) is 96.5 Å². The van der Waals surface area contributed by atoms with Gasteiger partial charge >= 0.3 is 0 Å². The lowest BCUT2D eigenvalue weighted by Crippen LogP contribution is -2.55. The van der Waals surface area contributed by atoms with E-state index in [4.69, 9.17) is 4.74 Å². The Bertz CT molecular complexity index is 787. The van der Waals surface area contributed by atoms with Gasteiger partial charge in [-0.15, -0.1) is 0 Å². The summed E-state index contributed by atoms with van der Waals surface area (Å²) in [6, 6.07) is 7.52. The first-order valence-electron chi connectivity index (χ1n) is 11.0. The maximum atomic E-state index is 12.9. The van der Waals surface area contributed by atoms with Crippen LogP contribution in [0.5, 0.6) is 5.75 Å². The minimum absolute atomic E-state index is 0.00239. The quantitative estimate of drug-likeness (QED) is 0.597. The molecule has 4 aliphatic carbocycles. The fourth-order valence-corrected chi connectivity index (χ4v) is 6.04. The van der Waals surface area contributed by atoms with Crippen LogP contribution in [-0.4, -0.2) is 30.9 Å². The summed E-state index contributed by atoms with van der Waals surface area (Å²) in [7, 11) is 0. The van der Waals surface area contributed by atoms with E-state index in [2.05, 4.69) is 16.2 Å². The summed E-state index contributed by atoms with van der Waals surface area (Å²) in [4.78, 5) is 36.9. The lowest BCUT2D eigenvalue weighted by molar-refractivity contribution is -0.147. The summed E-state index contributed by atoms with van der Waals surface area (Å²) in [6.07, 6.45) is 7.48. The smallest absolute Gasteiger partial charge is 0.276 e. The van der Waals surface area contributed by atoms with Crippen LogP contribution in [-0.2, 0) is 20.8 Å². The molecule has 0 unspecified atom stereocenters. The van der Waals surface area contributed by atoms with Gasteiger partial charge in [-0.25, -0.2) is 0 Å². The van der Waals surface area contributed by atoms with Gasteiger partial charge in [-0.05, 0) is 74.3 Å². The minimum Gasteiger partial charge on any atom is -0.483 e. The summed E-state index contributed by atoms with van der Waals surface area (Å²) in [5.41, 5.74) is 5.41. The van der Waals surface area contributed by atoms with E-state index >= 15 is 0 Å². The molecule has 7 nitrogen and oxygen atoms in total. The molecular formula is C23H31N3O4. The number of amides is 3. The monoisotopic (exact) mass is 413 g/mol. The number of carbonyl (C=O) groups is 3. The summed E-state index contributed by atoms with van der Waals surface area (Å²) in [5, 5.41) is 2.80. The second-order valence-electron chi connectivity index (χ2n) is 9.23. The molecule has 3 N–H and O–H groups in total. The van der Waals surface area contributed by atoms with Crippen LogP contribution >= 0.6 is 0 Å². The maximum absolute atomic E-state index is 12.9. The number of benzene rings is 1. The highest BCUT2D eigenvalue weighted by atomic mass is 16.5. The zero-order valence-corrected chi connectivity index (χ0v) is 17.5. The van der Waals surface area contributed by atoms with Gasteiger partial charge in [-0.3, -0.25) is 25.2 Å². The Labute approximate surface area is 177 Å². The second-order valence-corrected chi connectivity index (χ2v) is 9.23. The third kappa shape index (κ3) is 4.45. The molecule has 0 radical (unpaired) electrons. The number of hydrogen-bond acceptors (Lipinski definition) is 4. The summed E-state index contributed by atoms with van der Waals surface area (Å²) in [5.74, 6) is 1.78. The normalized spacial score (nSPS) is 28.6. The van der Waals surface area contributed by atoms with E-state index in [0.29, 0.717) is 23.5 Å². The number of hydrazine groups is 1. The number of ether oxygens (including phenoxy) is 1. The zero-order chi connectivity index (χ0) is 21.1. The Morgan fingerprint density at radius 1 is 0.967 bits per heavy atom. The van der Waals surface area contributed by atoms with Gasteiger partial charge < -0.3 is 10.1 Å². The predicted octanol–water partition coefficient (Wildman–Crippen LogP) is 2.11. The third-order valence-electron chi connectivity index (χ3n) is 6.98. The minimum atomic E-state index is -0.457. The molecule has 5 rings (SSSR count). The number of aryl methyl sites for hydroxylation is 1. The van der Waals surface area contributed by atoms with Crippen molar-refractivity contribution >= 4 is 17.7 Å². The average molecular weight is 414 g/mol. The molecular weight excluding hydrogens is 382 g/mol. The summed E-state index contributed by atoms with van der Waals surface area (Å²) >= 11 is 0. The first-order chi connectivity index (χ1) is 14.5. The van der Waals surface area contributed by atoms with Crippen LogP contribution in [0.25, 0.3) is 0 Å². The van der Waals surface area contributed by atoms with E-state index in [1.54, 1.807) is 0 Å². The fraction of sp³-hybridized carbons (Fsp3) is 0.609. The third-order valence-corrected chi connectivity index (χ3v) is 6.98. The molecule has 162 valence electrons. The number of carbonyl (C=O) groups excluding carboxylic acids is 3. The lowest BCUT2D eigenvalue weighted by atomic mass is 9.49. The highest BCUT2D eigenvalue weighted by Gasteiger charge is 2.54. The molecule has 4 fully saturated rings. The van der Waals surface area contributed by atoms with Crippen molar-refractivity contribution < 1.29 is 19.1 Å². The largest absolute Gasteiger partial charge is 0.483 e. The molecule has 3 amide bonds. The van der Waals surface area contributed by atoms with Crippen molar-refractivity contribution in [3.63, 3.8) is 0 Å². The standard InChI is InChI=1S/C23H31N3O4/c1-2-18-5-3-4-6-19(18)30-14-21(28)26-25-20(27)13-24-22(29)23-10-15-7-16(11-23)9-17(8-15)12-23/h3-6,15-17H,2,7-14H2,1H3,(H,24,29)(H,25,27)(H,26,28). The van der Waals surface area contributed by atoms with Gasteiger partial charge in [0.15, 0.2) is 6.61 Å². The second kappa shape index (κ2) is 8.66. The molecule has 0 spiro atoms. The fourth-order valence-electron chi connectivity index (χ4n) is 6.04. The van der Waals surface area contributed by atoms with Crippen molar-refractivity contribution in [2.75, 3.05) is 13.2 Å². The van der Waals surface area contributed by atoms with Crippen molar-refractivity contribution in [2.24, 2.45) is 23.2 Å². The van der Waals surface area contributed by atoms with Crippen LogP contribution in [0.4, 0.5) is 0 Å². The molecule has 7 heteroatoms. The Balaban J connectivity index is 1.18. The molecule has 0 heterocycles. The van der Waals surface area contributed by atoms with E-state index in [0.717, 1.165) is 31.2 Å². The number of para-hydroxylation sites is 1. The van der Waals surface area contributed by atoms with E-state index in [1.807, 2.05) is 31.2 Å². The first-order valence-corrected chi connectivity index (χ1v) is 11.0. The van der Waals surface area contributed by atoms with Gasteiger partial charge in [0.05, 0.1) is 6.54 Å². The lowest BCUT2D eigenvalue weighted by Gasteiger charge is -2.55. The maximum Gasteiger partial charge on any atom is 0.276 e. The molecule has 0 aliphatic heterocycles. The van der Waals surface area contributed by atoms with Gasteiger partial charge in [0.1, 0.15) is 5.75 Å². The Kier molecular flexibility index (Phi) is 5.97. The zero-order valence-electron chi connectivity index (χ0n) is 17.5. The highest BCUT2D eigenvalue weighted by Crippen LogP contribution is 2.60. The summed E-state index contributed by atoms with van der Waals surface area (Å²) < 4.78 is 5.52. The molecule has 1 aromatic carbocycles. The van der Waals surface area contributed by atoms with Crippen LogP contribution < -0.4 is 20.9 Å².